The quantitative estimate of drug-likeness (QED) is 0.693. The second kappa shape index (κ2) is 10.0. The number of pyridine rings is 1. The monoisotopic (exact) mass is 330 g/mol. The third-order valence-corrected chi connectivity index (χ3v) is 4.32. The summed E-state index contributed by atoms with van der Waals surface area (Å²) >= 11 is 1.65. The molecule has 1 aromatic heterocycles. The van der Waals surface area contributed by atoms with Gasteiger partial charge < -0.3 is 10.4 Å². The smallest absolute Gasteiger partial charge is 0.225 e. The fraction of sp³-hybridized carbons (Fsp3) is 0.333. The molecule has 0 saturated carbocycles. The van der Waals surface area contributed by atoms with E-state index in [4.69, 9.17) is 5.11 Å². The molecule has 0 aliphatic rings. The minimum absolute atomic E-state index is 0.00593. The molecule has 0 saturated heterocycles. The van der Waals surface area contributed by atoms with Crippen molar-refractivity contribution in [3.05, 3.63) is 59.8 Å². The molecule has 23 heavy (non-hydrogen) atoms. The van der Waals surface area contributed by atoms with E-state index in [0.717, 1.165) is 24.2 Å². The Hall–Kier alpha value is -1.85. The number of aryl methyl sites for hydroxylation is 1. The van der Waals surface area contributed by atoms with E-state index in [1.54, 1.807) is 18.0 Å². The average Bonchev–Trinajstić information content (AvgIpc) is 2.56. The van der Waals surface area contributed by atoms with Gasteiger partial charge in [0.05, 0.1) is 6.61 Å². The summed E-state index contributed by atoms with van der Waals surface area (Å²) in [5, 5.41) is 11.6. The zero-order valence-corrected chi connectivity index (χ0v) is 13.9. The van der Waals surface area contributed by atoms with Gasteiger partial charge in [-0.3, -0.25) is 4.79 Å². The van der Waals surface area contributed by atoms with Gasteiger partial charge in [0, 0.05) is 24.1 Å². The molecular formula is C18H22N2O2S. The van der Waals surface area contributed by atoms with Gasteiger partial charge in [0.2, 0.25) is 5.91 Å². The van der Waals surface area contributed by atoms with Crippen molar-refractivity contribution in [2.45, 2.75) is 25.0 Å². The van der Waals surface area contributed by atoms with Gasteiger partial charge in [0.25, 0.3) is 0 Å². The summed E-state index contributed by atoms with van der Waals surface area (Å²) in [5.74, 6) is 2.11. The first-order chi connectivity index (χ1) is 11.3. The molecule has 0 aliphatic carbocycles. The number of hydrogen-bond acceptors (Lipinski definition) is 4. The molecular weight excluding hydrogens is 308 g/mol. The number of carbonyl (C=O) groups is 1. The number of anilines is 1. The van der Waals surface area contributed by atoms with Gasteiger partial charge in [-0.25, -0.2) is 4.98 Å². The predicted molar refractivity (Wildman–Crippen MR) is 95.5 cm³/mol. The fourth-order valence-electron chi connectivity index (χ4n) is 2.19. The van der Waals surface area contributed by atoms with E-state index in [1.807, 2.05) is 30.3 Å². The number of aliphatic hydroxyl groups is 1. The molecule has 0 atom stereocenters. The van der Waals surface area contributed by atoms with E-state index >= 15 is 0 Å². The summed E-state index contributed by atoms with van der Waals surface area (Å²) in [7, 11) is 0. The number of amides is 1. The highest BCUT2D eigenvalue weighted by atomic mass is 32.2. The highest BCUT2D eigenvalue weighted by Gasteiger charge is 2.04. The van der Waals surface area contributed by atoms with Crippen molar-refractivity contribution in [2.75, 3.05) is 17.7 Å². The van der Waals surface area contributed by atoms with Crippen molar-refractivity contribution in [1.29, 1.82) is 0 Å². The minimum Gasteiger partial charge on any atom is -0.396 e. The third kappa shape index (κ3) is 6.84. The first-order valence-corrected chi connectivity index (χ1v) is 8.90. The average molecular weight is 330 g/mol. The van der Waals surface area contributed by atoms with Gasteiger partial charge in [-0.15, -0.1) is 0 Å². The lowest BCUT2D eigenvalue weighted by molar-refractivity contribution is -0.116. The number of hydrogen-bond donors (Lipinski definition) is 2. The summed E-state index contributed by atoms with van der Waals surface area (Å²) in [5.41, 5.74) is 2.35. The zero-order valence-electron chi connectivity index (χ0n) is 13.1. The van der Waals surface area contributed by atoms with E-state index in [2.05, 4.69) is 22.4 Å². The van der Waals surface area contributed by atoms with Crippen LogP contribution in [0.5, 0.6) is 0 Å². The maximum Gasteiger partial charge on any atom is 0.225 e. The van der Waals surface area contributed by atoms with Crippen molar-refractivity contribution in [1.82, 2.24) is 4.98 Å². The number of rotatable bonds is 9. The lowest BCUT2D eigenvalue weighted by Gasteiger charge is -2.07. The molecule has 2 rings (SSSR count). The first-order valence-electron chi connectivity index (χ1n) is 7.75. The highest BCUT2D eigenvalue weighted by Crippen LogP contribution is 2.14. The summed E-state index contributed by atoms with van der Waals surface area (Å²) in [4.78, 5) is 16.2. The number of aromatic nitrogens is 1. The van der Waals surface area contributed by atoms with Crippen LogP contribution in [-0.4, -0.2) is 28.4 Å². The third-order valence-electron chi connectivity index (χ3n) is 3.31. The molecule has 5 heteroatoms. The van der Waals surface area contributed by atoms with Gasteiger partial charge >= 0.3 is 0 Å². The molecule has 0 aliphatic heterocycles. The van der Waals surface area contributed by atoms with Crippen LogP contribution < -0.4 is 5.32 Å². The number of nitrogens with one attached hydrogen (secondary N) is 1. The second-order valence-electron chi connectivity index (χ2n) is 5.21. The van der Waals surface area contributed by atoms with Gasteiger partial charge in [0.15, 0.2) is 0 Å². The Morgan fingerprint density at radius 3 is 2.78 bits per heavy atom. The number of aliphatic hydroxyl groups excluding tert-OH is 1. The largest absolute Gasteiger partial charge is 0.396 e. The van der Waals surface area contributed by atoms with Crippen LogP contribution in [0.3, 0.4) is 0 Å². The van der Waals surface area contributed by atoms with Crippen LogP contribution >= 0.6 is 11.8 Å². The topological polar surface area (TPSA) is 62.2 Å². The van der Waals surface area contributed by atoms with E-state index in [9.17, 15) is 4.79 Å². The Morgan fingerprint density at radius 2 is 2.00 bits per heavy atom. The molecule has 0 unspecified atom stereocenters. The van der Waals surface area contributed by atoms with Crippen LogP contribution in [0.4, 0.5) is 5.82 Å². The molecule has 122 valence electrons. The zero-order chi connectivity index (χ0) is 16.3. The maximum absolute atomic E-state index is 12.0. The normalized spacial score (nSPS) is 10.5. The minimum atomic E-state index is -0.00593. The molecule has 1 heterocycles. The van der Waals surface area contributed by atoms with E-state index < -0.39 is 0 Å². The van der Waals surface area contributed by atoms with Gasteiger partial charge in [-0.2, -0.15) is 11.8 Å². The Morgan fingerprint density at radius 1 is 1.17 bits per heavy atom. The summed E-state index contributed by atoms with van der Waals surface area (Å²) < 4.78 is 0. The van der Waals surface area contributed by atoms with Crippen LogP contribution in [0.15, 0.2) is 48.7 Å². The lowest BCUT2D eigenvalue weighted by atomic mass is 10.1. The van der Waals surface area contributed by atoms with Crippen LogP contribution in [0.2, 0.25) is 0 Å². The van der Waals surface area contributed by atoms with Crippen molar-refractivity contribution >= 4 is 23.5 Å². The Kier molecular flexibility index (Phi) is 7.63. The Labute approximate surface area is 141 Å². The van der Waals surface area contributed by atoms with Crippen LogP contribution in [-0.2, 0) is 17.0 Å². The van der Waals surface area contributed by atoms with E-state index in [1.165, 1.54) is 5.56 Å². The van der Waals surface area contributed by atoms with Crippen molar-refractivity contribution in [3.63, 3.8) is 0 Å². The molecule has 2 N–H and O–H groups in total. The molecule has 1 aromatic carbocycles. The van der Waals surface area contributed by atoms with Crippen molar-refractivity contribution in [3.8, 4) is 0 Å². The summed E-state index contributed by atoms with van der Waals surface area (Å²) in [6, 6.07) is 14.0. The lowest BCUT2D eigenvalue weighted by Crippen LogP contribution is -2.12. The van der Waals surface area contributed by atoms with E-state index in [-0.39, 0.29) is 12.5 Å². The standard InChI is InChI=1S/C18H22N2O2S/c21-11-12-23-14-16-9-10-19-17(13-16)20-18(22)8-4-7-15-5-2-1-3-6-15/h1-3,5-6,9-10,13,21H,4,7-8,11-12,14H2,(H,19,20,22). The molecule has 0 spiro atoms. The molecule has 0 radical (unpaired) electrons. The van der Waals surface area contributed by atoms with Crippen molar-refractivity contribution in [2.24, 2.45) is 0 Å². The molecule has 2 aromatic rings. The number of benzene rings is 1. The molecule has 0 fully saturated rings. The Bertz CT molecular complexity index is 605. The number of carbonyl (C=O) groups excluding carboxylic acids is 1. The molecule has 0 bridgehead atoms. The molecule has 4 nitrogen and oxygen atoms in total. The van der Waals surface area contributed by atoms with Gasteiger partial charge in [-0.1, -0.05) is 30.3 Å². The van der Waals surface area contributed by atoms with Crippen LogP contribution in [0.1, 0.15) is 24.0 Å². The van der Waals surface area contributed by atoms with Gasteiger partial charge in [0.1, 0.15) is 5.82 Å². The number of thioether (sulfide) groups is 1. The van der Waals surface area contributed by atoms with Crippen LogP contribution in [0.25, 0.3) is 0 Å². The van der Waals surface area contributed by atoms with Crippen LogP contribution in [0, 0.1) is 0 Å². The first kappa shape index (κ1) is 17.5. The maximum atomic E-state index is 12.0. The summed E-state index contributed by atoms with van der Waals surface area (Å²) in [6.07, 6.45) is 3.91. The highest BCUT2D eigenvalue weighted by molar-refractivity contribution is 7.98. The second-order valence-corrected chi connectivity index (χ2v) is 6.32. The Balaban J connectivity index is 1.75. The predicted octanol–water partition coefficient (Wildman–Crippen LogP) is 3.27. The molecule has 1 amide bonds. The SMILES string of the molecule is O=C(CCCc1ccccc1)Nc1cc(CSCCO)ccn1. The van der Waals surface area contributed by atoms with E-state index in [0.29, 0.717) is 18.0 Å². The summed E-state index contributed by atoms with van der Waals surface area (Å²) in [6.45, 7) is 0.181. The fourth-order valence-corrected chi connectivity index (χ4v) is 2.88. The van der Waals surface area contributed by atoms with Crippen molar-refractivity contribution < 1.29 is 9.90 Å². The van der Waals surface area contributed by atoms with Gasteiger partial charge in [-0.05, 0) is 36.1 Å². The number of nitrogens with zero attached hydrogens (tertiary/aromatic N) is 1.